The molecule has 0 aliphatic heterocycles. The van der Waals surface area contributed by atoms with Gasteiger partial charge in [-0.2, -0.15) is 5.10 Å². The normalized spacial score (nSPS) is 10.3. The number of aliphatic carboxylic acids is 1. The Labute approximate surface area is 79.8 Å². The molecule has 0 spiro atoms. The van der Waals surface area contributed by atoms with Crippen molar-refractivity contribution in [3.63, 3.8) is 0 Å². The van der Waals surface area contributed by atoms with Crippen LogP contribution in [0.1, 0.15) is 5.69 Å². The summed E-state index contributed by atoms with van der Waals surface area (Å²) in [7, 11) is 0. The lowest BCUT2D eigenvalue weighted by Crippen LogP contribution is -2.01. The zero-order chi connectivity index (χ0) is 9.97. The molecule has 0 aliphatic carbocycles. The van der Waals surface area contributed by atoms with Gasteiger partial charge in [0.15, 0.2) is 0 Å². The van der Waals surface area contributed by atoms with E-state index in [9.17, 15) is 4.79 Å². The molecule has 0 unspecified atom stereocenters. The molecule has 0 aliphatic rings. The monoisotopic (exact) mass is 191 g/mol. The highest BCUT2D eigenvalue weighted by atomic mass is 16.4. The highest BCUT2D eigenvalue weighted by molar-refractivity contribution is 5.74. The summed E-state index contributed by atoms with van der Waals surface area (Å²) in [6, 6.07) is 3.73. The Morgan fingerprint density at radius 1 is 1.57 bits per heavy atom. The SMILES string of the molecule is O=C(O)Cc1[nH]ncc1-c1ccc[nH]1. The van der Waals surface area contributed by atoms with E-state index in [0.717, 1.165) is 11.3 Å². The lowest BCUT2D eigenvalue weighted by molar-refractivity contribution is -0.136. The number of rotatable bonds is 3. The molecule has 5 heteroatoms. The standard InChI is InChI=1S/C9H9N3O2/c13-9(14)4-8-6(5-11-12-8)7-2-1-3-10-7/h1-3,5,10H,4H2,(H,11,12)(H,13,14). The minimum Gasteiger partial charge on any atom is -0.481 e. The lowest BCUT2D eigenvalue weighted by atomic mass is 10.1. The molecule has 2 aromatic rings. The molecule has 2 heterocycles. The maximum atomic E-state index is 10.5. The lowest BCUT2D eigenvalue weighted by Gasteiger charge is -1.96. The fourth-order valence-corrected chi connectivity index (χ4v) is 1.33. The van der Waals surface area contributed by atoms with E-state index in [4.69, 9.17) is 5.11 Å². The number of carboxylic acids is 1. The Kier molecular flexibility index (Phi) is 2.06. The van der Waals surface area contributed by atoms with Crippen molar-refractivity contribution in [2.75, 3.05) is 0 Å². The molecule has 5 nitrogen and oxygen atoms in total. The van der Waals surface area contributed by atoms with Gasteiger partial charge in [0.25, 0.3) is 0 Å². The van der Waals surface area contributed by atoms with E-state index >= 15 is 0 Å². The Hall–Kier alpha value is -2.04. The first kappa shape index (κ1) is 8.55. The van der Waals surface area contributed by atoms with E-state index < -0.39 is 5.97 Å². The van der Waals surface area contributed by atoms with E-state index in [2.05, 4.69) is 15.2 Å². The molecule has 2 rings (SSSR count). The minimum atomic E-state index is -0.873. The van der Waals surface area contributed by atoms with Crippen molar-refractivity contribution in [3.05, 3.63) is 30.2 Å². The highest BCUT2D eigenvalue weighted by Gasteiger charge is 2.10. The molecular weight excluding hydrogens is 182 g/mol. The largest absolute Gasteiger partial charge is 0.481 e. The van der Waals surface area contributed by atoms with E-state index in [0.29, 0.717) is 5.69 Å². The van der Waals surface area contributed by atoms with Crippen molar-refractivity contribution in [1.82, 2.24) is 15.2 Å². The second kappa shape index (κ2) is 3.37. The van der Waals surface area contributed by atoms with Crippen molar-refractivity contribution in [2.24, 2.45) is 0 Å². The average molecular weight is 191 g/mol. The Morgan fingerprint density at radius 2 is 2.43 bits per heavy atom. The number of nitrogens with zero attached hydrogens (tertiary/aromatic N) is 1. The first-order valence-electron chi connectivity index (χ1n) is 4.15. The smallest absolute Gasteiger partial charge is 0.309 e. The van der Waals surface area contributed by atoms with Crippen LogP contribution in [0, 0.1) is 0 Å². The van der Waals surface area contributed by atoms with Crippen molar-refractivity contribution in [2.45, 2.75) is 6.42 Å². The maximum Gasteiger partial charge on any atom is 0.309 e. The van der Waals surface area contributed by atoms with Crippen LogP contribution in [0.4, 0.5) is 0 Å². The van der Waals surface area contributed by atoms with Crippen LogP contribution in [-0.4, -0.2) is 26.3 Å². The van der Waals surface area contributed by atoms with Crippen molar-refractivity contribution in [1.29, 1.82) is 0 Å². The van der Waals surface area contributed by atoms with Crippen LogP contribution < -0.4 is 0 Å². The van der Waals surface area contributed by atoms with Crippen LogP contribution >= 0.6 is 0 Å². The summed E-state index contributed by atoms with van der Waals surface area (Å²) in [6.45, 7) is 0. The van der Waals surface area contributed by atoms with Gasteiger partial charge in [-0.25, -0.2) is 0 Å². The number of H-pyrrole nitrogens is 2. The predicted molar refractivity (Wildman–Crippen MR) is 49.7 cm³/mol. The molecular formula is C9H9N3O2. The van der Waals surface area contributed by atoms with Gasteiger partial charge in [0.2, 0.25) is 0 Å². The van der Waals surface area contributed by atoms with Crippen LogP contribution in [0.15, 0.2) is 24.5 Å². The molecule has 72 valence electrons. The van der Waals surface area contributed by atoms with E-state index in [1.807, 2.05) is 12.1 Å². The zero-order valence-corrected chi connectivity index (χ0v) is 7.32. The van der Waals surface area contributed by atoms with Gasteiger partial charge in [-0.3, -0.25) is 9.89 Å². The topological polar surface area (TPSA) is 81.8 Å². The molecule has 0 saturated heterocycles. The molecule has 0 saturated carbocycles. The Bertz CT molecular complexity index is 431. The number of carboxylic acid groups (broad SMARTS) is 1. The van der Waals surface area contributed by atoms with Crippen molar-refractivity contribution >= 4 is 5.97 Å². The number of nitrogens with one attached hydrogen (secondary N) is 2. The summed E-state index contributed by atoms with van der Waals surface area (Å²) in [5, 5.41) is 15.1. The van der Waals surface area contributed by atoms with Gasteiger partial charge in [-0.1, -0.05) is 0 Å². The minimum absolute atomic E-state index is 0.0473. The summed E-state index contributed by atoms with van der Waals surface area (Å²) >= 11 is 0. The van der Waals surface area contributed by atoms with Crippen LogP contribution in [0.25, 0.3) is 11.3 Å². The molecule has 0 fully saturated rings. The predicted octanol–water partition coefficient (Wildman–Crippen LogP) is 1.03. The zero-order valence-electron chi connectivity index (χ0n) is 7.32. The number of aromatic amines is 2. The van der Waals surface area contributed by atoms with E-state index in [1.54, 1.807) is 12.4 Å². The second-order valence-electron chi connectivity index (χ2n) is 2.92. The number of hydrogen-bond donors (Lipinski definition) is 3. The summed E-state index contributed by atoms with van der Waals surface area (Å²) in [4.78, 5) is 13.5. The fraction of sp³-hybridized carbons (Fsp3) is 0.111. The third-order valence-electron chi connectivity index (χ3n) is 1.93. The Balaban J connectivity index is 2.35. The van der Waals surface area contributed by atoms with Crippen molar-refractivity contribution in [3.8, 4) is 11.3 Å². The average Bonchev–Trinajstić information content (AvgIpc) is 2.70. The summed E-state index contributed by atoms with van der Waals surface area (Å²) in [5.74, 6) is -0.873. The van der Waals surface area contributed by atoms with Crippen LogP contribution in [-0.2, 0) is 11.2 Å². The summed E-state index contributed by atoms with van der Waals surface area (Å²) in [6.07, 6.45) is 3.35. The number of hydrogen-bond acceptors (Lipinski definition) is 2. The second-order valence-corrected chi connectivity index (χ2v) is 2.92. The van der Waals surface area contributed by atoms with Gasteiger partial charge in [0.1, 0.15) is 0 Å². The third-order valence-corrected chi connectivity index (χ3v) is 1.93. The third kappa shape index (κ3) is 1.52. The summed E-state index contributed by atoms with van der Waals surface area (Å²) < 4.78 is 0. The molecule has 0 bridgehead atoms. The van der Waals surface area contributed by atoms with E-state index in [-0.39, 0.29) is 6.42 Å². The first-order valence-corrected chi connectivity index (χ1v) is 4.15. The van der Waals surface area contributed by atoms with Gasteiger partial charge in [0, 0.05) is 17.5 Å². The van der Waals surface area contributed by atoms with Gasteiger partial charge >= 0.3 is 5.97 Å². The van der Waals surface area contributed by atoms with Gasteiger partial charge in [-0.05, 0) is 12.1 Å². The quantitative estimate of drug-likeness (QED) is 0.677. The molecule has 3 N–H and O–H groups in total. The van der Waals surface area contributed by atoms with Gasteiger partial charge in [0.05, 0.1) is 18.3 Å². The fourth-order valence-electron chi connectivity index (χ4n) is 1.33. The highest BCUT2D eigenvalue weighted by Crippen LogP contribution is 2.19. The van der Waals surface area contributed by atoms with E-state index in [1.165, 1.54) is 0 Å². The molecule has 14 heavy (non-hydrogen) atoms. The molecule has 0 amide bonds. The molecule has 0 radical (unpaired) electrons. The first-order chi connectivity index (χ1) is 6.77. The molecule has 2 aromatic heterocycles. The Morgan fingerprint density at radius 3 is 3.07 bits per heavy atom. The van der Waals surface area contributed by atoms with Gasteiger partial charge in [-0.15, -0.1) is 0 Å². The van der Waals surface area contributed by atoms with Gasteiger partial charge < -0.3 is 10.1 Å². The van der Waals surface area contributed by atoms with Crippen LogP contribution in [0.3, 0.4) is 0 Å². The number of carbonyl (C=O) groups is 1. The van der Waals surface area contributed by atoms with Crippen molar-refractivity contribution < 1.29 is 9.90 Å². The number of aromatic nitrogens is 3. The summed E-state index contributed by atoms with van der Waals surface area (Å²) in [5.41, 5.74) is 2.28. The maximum absolute atomic E-state index is 10.5. The van der Waals surface area contributed by atoms with Crippen LogP contribution in [0.2, 0.25) is 0 Å². The van der Waals surface area contributed by atoms with Crippen LogP contribution in [0.5, 0.6) is 0 Å². The molecule has 0 atom stereocenters. The molecule has 0 aromatic carbocycles.